The van der Waals surface area contributed by atoms with Gasteiger partial charge in [-0.3, -0.25) is 9.48 Å². The molecule has 2 aromatic heterocycles. The summed E-state index contributed by atoms with van der Waals surface area (Å²) in [5.41, 5.74) is 3.74. The van der Waals surface area contributed by atoms with Gasteiger partial charge < -0.3 is 9.88 Å². The number of aryl methyl sites for hydroxylation is 3. The van der Waals surface area contributed by atoms with Crippen LogP contribution in [0.2, 0.25) is 5.15 Å². The quantitative estimate of drug-likeness (QED) is 0.440. The van der Waals surface area contributed by atoms with Gasteiger partial charge in [-0.2, -0.15) is 5.10 Å². The molecular formula is C22H28ClN5O. The number of aromatic nitrogens is 4. The van der Waals surface area contributed by atoms with Crippen molar-refractivity contribution in [3.05, 3.63) is 52.6 Å². The Morgan fingerprint density at radius 1 is 1.28 bits per heavy atom. The van der Waals surface area contributed by atoms with E-state index in [2.05, 4.69) is 39.9 Å². The summed E-state index contributed by atoms with van der Waals surface area (Å²) in [6, 6.07) is 8.10. The molecule has 0 saturated heterocycles. The molecule has 0 unspecified atom stereocenters. The molecule has 1 aromatic carbocycles. The third-order valence-corrected chi connectivity index (χ3v) is 5.15. The minimum absolute atomic E-state index is 0.135. The summed E-state index contributed by atoms with van der Waals surface area (Å²) in [6.45, 7) is 10.3. The fraction of sp³-hybridized carbons (Fsp3) is 0.409. The number of amides is 1. The topological polar surface area (TPSA) is 64.7 Å². The molecule has 3 aromatic rings. The predicted molar refractivity (Wildman–Crippen MR) is 118 cm³/mol. The Balaban J connectivity index is 1.53. The molecule has 0 bridgehead atoms. The van der Waals surface area contributed by atoms with Crippen LogP contribution in [0.4, 0.5) is 0 Å². The summed E-state index contributed by atoms with van der Waals surface area (Å²) in [4.78, 5) is 16.7. The lowest BCUT2D eigenvalue weighted by Crippen LogP contribution is -2.23. The predicted octanol–water partition coefficient (Wildman–Crippen LogP) is 4.38. The smallest absolute Gasteiger partial charge is 0.244 e. The molecule has 0 aliphatic heterocycles. The number of nitrogens with zero attached hydrogens (tertiary/aromatic N) is 4. The van der Waals surface area contributed by atoms with Gasteiger partial charge in [0.15, 0.2) is 0 Å². The number of benzene rings is 1. The number of carbonyl (C=O) groups excluding carboxylic acids is 1. The second-order valence-corrected chi connectivity index (χ2v) is 8.00. The van der Waals surface area contributed by atoms with E-state index in [0.717, 1.165) is 47.6 Å². The van der Waals surface area contributed by atoms with E-state index in [-0.39, 0.29) is 5.91 Å². The number of hydrogen-bond donors (Lipinski definition) is 1. The van der Waals surface area contributed by atoms with Gasteiger partial charge in [0.1, 0.15) is 11.0 Å². The second-order valence-electron chi connectivity index (χ2n) is 7.64. The van der Waals surface area contributed by atoms with Crippen LogP contribution in [-0.2, 0) is 17.9 Å². The van der Waals surface area contributed by atoms with Crippen molar-refractivity contribution in [1.82, 2.24) is 24.6 Å². The number of halogens is 1. The van der Waals surface area contributed by atoms with E-state index >= 15 is 0 Å². The zero-order chi connectivity index (χ0) is 21.0. The molecule has 1 N–H and O–H groups in total. The standard InChI is InChI=1S/C22H28ClN5O/c1-15(2)14-28-22(23)18(16(3)26-28)10-11-21(29)24-12-7-13-27-17(4)25-19-8-5-6-9-20(19)27/h5-6,8-11,15H,7,12-14H2,1-4H3,(H,24,29)/b11-10+. The number of imidazole rings is 1. The second kappa shape index (κ2) is 9.27. The normalized spacial score (nSPS) is 11.8. The van der Waals surface area contributed by atoms with E-state index in [9.17, 15) is 4.79 Å². The Hall–Kier alpha value is -2.60. The first kappa shape index (κ1) is 21.1. The summed E-state index contributed by atoms with van der Waals surface area (Å²) in [5.74, 6) is 1.30. The van der Waals surface area contributed by atoms with E-state index in [1.807, 2.05) is 32.0 Å². The molecular weight excluding hydrogens is 386 g/mol. The van der Waals surface area contributed by atoms with Crippen LogP contribution in [0.15, 0.2) is 30.3 Å². The average Bonchev–Trinajstić information content (AvgIpc) is 3.12. The van der Waals surface area contributed by atoms with Gasteiger partial charge in [0, 0.05) is 31.3 Å². The van der Waals surface area contributed by atoms with Crippen molar-refractivity contribution < 1.29 is 4.79 Å². The zero-order valence-electron chi connectivity index (χ0n) is 17.4. The number of hydrogen-bond acceptors (Lipinski definition) is 3. The van der Waals surface area contributed by atoms with Gasteiger partial charge in [-0.1, -0.05) is 37.6 Å². The van der Waals surface area contributed by atoms with Gasteiger partial charge in [-0.25, -0.2) is 4.98 Å². The lowest BCUT2D eigenvalue weighted by molar-refractivity contribution is -0.116. The summed E-state index contributed by atoms with van der Waals surface area (Å²) >= 11 is 6.41. The van der Waals surface area contributed by atoms with E-state index in [0.29, 0.717) is 17.6 Å². The van der Waals surface area contributed by atoms with Gasteiger partial charge in [-0.15, -0.1) is 0 Å². The lowest BCUT2D eigenvalue weighted by atomic mass is 10.2. The van der Waals surface area contributed by atoms with Crippen molar-refractivity contribution in [1.29, 1.82) is 0 Å². The van der Waals surface area contributed by atoms with Crippen LogP contribution in [0.5, 0.6) is 0 Å². The summed E-state index contributed by atoms with van der Waals surface area (Å²) < 4.78 is 3.97. The zero-order valence-corrected chi connectivity index (χ0v) is 18.2. The minimum Gasteiger partial charge on any atom is -0.352 e. The molecule has 0 fully saturated rings. The molecule has 0 spiro atoms. The Morgan fingerprint density at radius 3 is 2.79 bits per heavy atom. The summed E-state index contributed by atoms with van der Waals surface area (Å²) in [7, 11) is 0. The average molecular weight is 414 g/mol. The number of fused-ring (bicyclic) bond motifs is 1. The molecule has 0 aliphatic rings. The van der Waals surface area contributed by atoms with E-state index < -0.39 is 0 Å². The van der Waals surface area contributed by atoms with Crippen LogP contribution in [0.3, 0.4) is 0 Å². The number of para-hydroxylation sites is 2. The highest BCUT2D eigenvalue weighted by atomic mass is 35.5. The molecule has 0 atom stereocenters. The number of rotatable bonds is 8. The minimum atomic E-state index is -0.135. The van der Waals surface area contributed by atoms with Crippen molar-refractivity contribution in [2.75, 3.05) is 6.54 Å². The first-order chi connectivity index (χ1) is 13.9. The molecule has 0 radical (unpaired) electrons. The monoisotopic (exact) mass is 413 g/mol. The van der Waals surface area contributed by atoms with Crippen LogP contribution in [0, 0.1) is 19.8 Å². The third kappa shape index (κ3) is 5.07. The highest BCUT2D eigenvalue weighted by molar-refractivity contribution is 6.31. The lowest BCUT2D eigenvalue weighted by Gasteiger charge is -2.07. The molecule has 1 amide bonds. The maximum atomic E-state index is 12.2. The van der Waals surface area contributed by atoms with Gasteiger partial charge in [0.05, 0.1) is 16.7 Å². The van der Waals surface area contributed by atoms with Gasteiger partial charge in [0.25, 0.3) is 0 Å². The largest absolute Gasteiger partial charge is 0.352 e. The molecule has 6 nitrogen and oxygen atoms in total. The Kier molecular flexibility index (Phi) is 6.75. The van der Waals surface area contributed by atoms with E-state index in [4.69, 9.17) is 11.6 Å². The van der Waals surface area contributed by atoms with Crippen LogP contribution in [0.25, 0.3) is 17.1 Å². The van der Waals surface area contributed by atoms with Crippen LogP contribution in [-0.4, -0.2) is 31.8 Å². The Labute approximate surface area is 176 Å². The molecule has 29 heavy (non-hydrogen) atoms. The van der Waals surface area contributed by atoms with E-state index in [1.165, 1.54) is 6.08 Å². The molecule has 0 aliphatic carbocycles. The first-order valence-electron chi connectivity index (χ1n) is 9.97. The van der Waals surface area contributed by atoms with Gasteiger partial charge >= 0.3 is 0 Å². The van der Waals surface area contributed by atoms with Crippen molar-refractivity contribution in [2.45, 2.75) is 47.2 Å². The van der Waals surface area contributed by atoms with Crippen molar-refractivity contribution in [3.8, 4) is 0 Å². The van der Waals surface area contributed by atoms with Gasteiger partial charge in [-0.05, 0) is 44.4 Å². The fourth-order valence-corrected chi connectivity index (χ4v) is 3.67. The van der Waals surface area contributed by atoms with E-state index in [1.54, 1.807) is 10.8 Å². The molecule has 154 valence electrons. The number of nitrogens with one attached hydrogen (secondary N) is 1. The molecule has 0 saturated carbocycles. The summed E-state index contributed by atoms with van der Waals surface area (Å²) in [5, 5.41) is 7.96. The van der Waals surface area contributed by atoms with Crippen molar-refractivity contribution >= 4 is 34.6 Å². The van der Waals surface area contributed by atoms with Gasteiger partial charge in [0.2, 0.25) is 5.91 Å². The molecule has 3 rings (SSSR count). The highest BCUT2D eigenvalue weighted by Gasteiger charge is 2.12. The highest BCUT2D eigenvalue weighted by Crippen LogP contribution is 2.22. The maximum absolute atomic E-state index is 12.2. The number of carbonyl (C=O) groups is 1. The third-order valence-electron chi connectivity index (χ3n) is 4.75. The van der Waals surface area contributed by atoms with Crippen LogP contribution < -0.4 is 5.32 Å². The van der Waals surface area contributed by atoms with Crippen molar-refractivity contribution in [2.24, 2.45) is 5.92 Å². The maximum Gasteiger partial charge on any atom is 0.244 e. The first-order valence-corrected chi connectivity index (χ1v) is 10.3. The SMILES string of the molecule is Cc1nn(CC(C)C)c(Cl)c1/C=C/C(=O)NCCCn1c(C)nc2ccccc21. The molecule has 2 heterocycles. The Morgan fingerprint density at radius 2 is 2.03 bits per heavy atom. The van der Waals surface area contributed by atoms with Crippen molar-refractivity contribution in [3.63, 3.8) is 0 Å². The van der Waals surface area contributed by atoms with Crippen LogP contribution >= 0.6 is 11.6 Å². The Bertz CT molecular complexity index is 1030. The van der Waals surface area contributed by atoms with Crippen LogP contribution in [0.1, 0.15) is 37.4 Å². The molecule has 7 heteroatoms. The fourth-order valence-electron chi connectivity index (χ4n) is 3.37. The summed E-state index contributed by atoms with van der Waals surface area (Å²) in [6.07, 6.45) is 4.09.